The minimum Gasteiger partial charge on any atom is -0.494 e. The Bertz CT molecular complexity index is 1430. The van der Waals surface area contributed by atoms with Crippen LogP contribution < -0.4 is 15.9 Å². The van der Waals surface area contributed by atoms with E-state index < -0.39 is 10.8 Å². The van der Waals surface area contributed by atoms with E-state index in [1.165, 1.54) is 22.9 Å². The van der Waals surface area contributed by atoms with Crippen molar-refractivity contribution in [3.63, 3.8) is 0 Å². The number of nitrogens with two attached hydrogens (primary N) is 1. The van der Waals surface area contributed by atoms with Crippen molar-refractivity contribution in [2.75, 3.05) is 12.3 Å². The molecule has 0 aliphatic heterocycles. The molecule has 14 nitrogen and oxygen atoms in total. The second kappa shape index (κ2) is 9.96. The molecule has 0 bridgehead atoms. The first kappa shape index (κ1) is 23.3. The number of hydrazone groups is 1. The Morgan fingerprint density at radius 3 is 2.86 bits per heavy atom. The van der Waals surface area contributed by atoms with Gasteiger partial charge in [0, 0.05) is 11.6 Å². The minimum atomic E-state index is -0.769. The third-order valence-electron chi connectivity index (χ3n) is 4.59. The average molecular weight is 498 g/mol. The molecule has 0 unspecified atom stereocenters. The quantitative estimate of drug-likeness (QED) is 0.208. The zero-order valence-corrected chi connectivity index (χ0v) is 18.7. The van der Waals surface area contributed by atoms with Crippen molar-refractivity contribution in [3.8, 4) is 22.8 Å². The van der Waals surface area contributed by atoms with Gasteiger partial charge in [-0.1, -0.05) is 35.0 Å². The minimum absolute atomic E-state index is 0.0172. The molecule has 4 rings (SSSR count). The molecule has 0 radical (unpaired) electrons. The highest BCUT2D eigenvalue weighted by molar-refractivity contribution is 6.33. The van der Waals surface area contributed by atoms with Crippen LogP contribution in [0.15, 0.2) is 52.2 Å². The molecule has 0 aliphatic carbocycles. The molecule has 15 heteroatoms. The number of carbonyl (C=O) groups is 1. The fraction of sp³-hybridized carbons (Fsp3) is 0.100. The average Bonchev–Trinajstić information content (AvgIpc) is 3.46. The predicted octanol–water partition coefficient (Wildman–Crippen LogP) is 2.62. The summed E-state index contributed by atoms with van der Waals surface area (Å²) >= 11 is 6.05. The number of anilines is 1. The van der Waals surface area contributed by atoms with E-state index in [-0.39, 0.29) is 39.3 Å². The summed E-state index contributed by atoms with van der Waals surface area (Å²) < 4.78 is 11.4. The van der Waals surface area contributed by atoms with Crippen molar-refractivity contribution in [3.05, 3.63) is 68.9 Å². The van der Waals surface area contributed by atoms with E-state index in [1.807, 2.05) is 6.92 Å². The molecule has 35 heavy (non-hydrogen) atoms. The highest BCUT2D eigenvalue weighted by Crippen LogP contribution is 2.29. The number of nitro groups is 1. The van der Waals surface area contributed by atoms with Gasteiger partial charge in [0.2, 0.25) is 11.6 Å². The number of aromatic nitrogens is 5. The number of halogens is 1. The van der Waals surface area contributed by atoms with E-state index in [0.717, 1.165) is 6.21 Å². The van der Waals surface area contributed by atoms with Crippen molar-refractivity contribution in [1.29, 1.82) is 0 Å². The Labute approximate surface area is 201 Å². The largest absolute Gasteiger partial charge is 0.494 e. The number of nitro benzene ring substituents is 1. The maximum absolute atomic E-state index is 13.0. The Balaban J connectivity index is 1.72. The van der Waals surface area contributed by atoms with Gasteiger partial charge in [0.25, 0.3) is 11.6 Å². The maximum Gasteiger partial charge on any atom is 0.294 e. The number of amides is 1. The summed E-state index contributed by atoms with van der Waals surface area (Å²) in [6.07, 6.45) is 1.07. The number of nitrogen functional groups attached to an aromatic ring is 1. The summed E-state index contributed by atoms with van der Waals surface area (Å²) in [5.74, 6) is -0.287. The summed E-state index contributed by atoms with van der Waals surface area (Å²) in [5, 5.41) is 30.3. The van der Waals surface area contributed by atoms with Crippen LogP contribution in [0.3, 0.4) is 0 Å². The van der Waals surface area contributed by atoms with Crippen molar-refractivity contribution in [2.45, 2.75) is 6.92 Å². The molecule has 4 aromatic rings. The Morgan fingerprint density at radius 2 is 2.14 bits per heavy atom. The smallest absolute Gasteiger partial charge is 0.294 e. The van der Waals surface area contributed by atoms with E-state index in [1.54, 1.807) is 24.3 Å². The second-order valence-corrected chi connectivity index (χ2v) is 7.17. The lowest BCUT2D eigenvalue weighted by Crippen LogP contribution is -2.19. The molecule has 0 saturated heterocycles. The molecular formula is C20H16ClN9O5. The van der Waals surface area contributed by atoms with Crippen molar-refractivity contribution in [2.24, 2.45) is 5.10 Å². The van der Waals surface area contributed by atoms with Gasteiger partial charge in [0.15, 0.2) is 5.69 Å². The Morgan fingerprint density at radius 1 is 1.34 bits per heavy atom. The van der Waals surface area contributed by atoms with Crippen LogP contribution in [-0.4, -0.2) is 49.0 Å². The van der Waals surface area contributed by atoms with Crippen molar-refractivity contribution >= 4 is 35.2 Å². The van der Waals surface area contributed by atoms with E-state index in [9.17, 15) is 14.9 Å². The molecule has 1 amide bonds. The van der Waals surface area contributed by atoms with Crippen molar-refractivity contribution < 1.29 is 19.1 Å². The molecule has 2 heterocycles. The predicted molar refractivity (Wildman–Crippen MR) is 123 cm³/mol. The van der Waals surface area contributed by atoms with Gasteiger partial charge in [0.1, 0.15) is 11.4 Å². The van der Waals surface area contributed by atoms with E-state index in [0.29, 0.717) is 17.9 Å². The SMILES string of the molecule is CCOc1cccc(-c2c(C(=O)N/N=C\c3c(Cl)cccc3[N+](=O)[O-])nnn2-c2nonc2N)c1. The Kier molecular flexibility index (Phi) is 6.64. The molecule has 2 aromatic heterocycles. The van der Waals surface area contributed by atoms with Crippen LogP contribution in [0.2, 0.25) is 5.02 Å². The number of carbonyl (C=O) groups excluding carboxylic acids is 1. The number of nitrogens with one attached hydrogen (secondary N) is 1. The molecule has 178 valence electrons. The van der Waals surface area contributed by atoms with Gasteiger partial charge in [0.05, 0.1) is 28.3 Å². The molecule has 3 N–H and O–H groups in total. The van der Waals surface area contributed by atoms with Crippen molar-refractivity contribution in [1.82, 2.24) is 30.7 Å². The van der Waals surface area contributed by atoms with Crippen LogP contribution in [0.25, 0.3) is 17.1 Å². The third-order valence-corrected chi connectivity index (χ3v) is 4.92. The van der Waals surface area contributed by atoms with E-state index in [4.69, 9.17) is 22.1 Å². The molecular weight excluding hydrogens is 482 g/mol. The lowest BCUT2D eigenvalue weighted by molar-refractivity contribution is -0.385. The standard InChI is InChI=1S/C20H16ClN9O5/c1-2-34-12-6-3-5-11(9-12)17-16(24-28-29(17)19-18(22)26-35-27-19)20(31)25-23-10-13-14(21)7-4-8-15(13)30(32)33/h3-10H,2H2,1H3,(H2,22,26)(H,25,31)/b23-10-. The van der Waals surface area contributed by atoms with Crippen LogP contribution in [0.4, 0.5) is 11.5 Å². The number of nitrogens with zero attached hydrogens (tertiary/aromatic N) is 7. The van der Waals surface area contributed by atoms with Crippen LogP contribution in [0.5, 0.6) is 5.75 Å². The highest BCUT2D eigenvalue weighted by Gasteiger charge is 2.25. The first-order chi connectivity index (χ1) is 16.9. The normalized spacial score (nSPS) is 11.0. The number of benzene rings is 2. The first-order valence-electron chi connectivity index (χ1n) is 9.94. The lowest BCUT2D eigenvalue weighted by atomic mass is 10.1. The summed E-state index contributed by atoms with van der Waals surface area (Å²) in [5.41, 5.74) is 8.38. The van der Waals surface area contributed by atoms with Crippen LogP contribution in [0, 0.1) is 10.1 Å². The van der Waals surface area contributed by atoms with Crippen LogP contribution in [0.1, 0.15) is 23.0 Å². The van der Waals surface area contributed by atoms with Gasteiger partial charge < -0.3 is 10.5 Å². The maximum atomic E-state index is 13.0. The third kappa shape index (κ3) is 4.77. The summed E-state index contributed by atoms with van der Waals surface area (Å²) in [4.78, 5) is 23.6. The zero-order chi connectivity index (χ0) is 24.9. The fourth-order valence-electron chi connectivity index (χ4n) is 3.10. The number of rotatable bonds is 8. The highest BCUT2D eigenvalue weighted by atomic mass is 35.5. The Hall–Kier alpha value is -4.85. The van der Waals surface area contributed by atoms with Gasteiger partial charge in [-0.15, -0.1) is 5.10 Å². The van der Waals surface area contributed by atoms with E-state index >= 15 is 0 Å². The summed E-state index contributed by atoms with van der Waals surface area (Å²) in [6, 6.07) is 11.0. The summed E-state index contributed by atoms with van der Waals surface area (Å²) in [7, 11) is 0. The fourth-order valence-corrected chi connectivity index (χ4v) is 3.32. The van der Waals surface area contributed by atoms with Gasteiger partial charge >= 0.3 is 0 Å². The summed E-state index contributed by atoms with van der Waals surface area (Å²) in [6.45, 7) is 2.26. The van der Waals surface area contributed by atoms with Gasteiger partial charge in [-0.2, -0.15) is 9.78 Å². The first-order valence-corrected chi connectivity index (χ1v) is 10.3. The molecule has 0 saturated carbocycles. The van der Waals surface area contributed by atoms with E-state index in [2.05, 4.69) is 35.8 Å². The topological polar surface area (TPSA) is 189 Å². The number of ether oxygens (including phenoxy) is 1. The lowest BCUT2D eigenvalue weighted by Gasteiger charge is -2.08. The molecule has 0 aliphatic rings. The molecule has 0 atom stereocenters. The zero-order valence-electron chi connectivity index (χ0n) is 18.0. The monoisotopic (exact) mass is 497 g/mol. The van der Waals surface area contributed by atoms with Gasteiger partial charge in [-0.3, -0.25) is 14.9 Å². The van der Waals surface area contributed by atoms with Crippen LogP contribution >= 0.6 is 11.6 Å². The molecule has 0 spiro atoms. The van der Waals surface area contributed by atoms with Gasteiger partial charge in [-0.25, -0.2) is 10.1 Å². The number of hydrogen-bond donors (Lipinski definition) is 2. The molecule has 0 fully saturated rings. The second-order valence-electron chi connectivity index (χ2n) is 6.76. The molecule has 2 aromatic carbocycles. The van der Waals surface area contributed by atoms with Gasteiger partial charge in [-0.05, 0) is 35.4 Å². The van der Waals surface area contributed by atoms with Crippen LogP contribution in [-0.2, 0) is 0 Å². The number of hydrogen-bond acceptors (Lipinski definition) is 11.